The van der Waals surface area contributed by atoms with Crippen molar-refractivity contribution in [3.8, 4) is 17.6 Å². The van der Waals surface area contributed by atoms with Crippen LogP contribution in [0.3, 0.4) is 0 Å². The van der Waals surface area contributed by atoms with Crippen LogP contribution in [0.1, 0.15) is 35.8 Å². The van der Waals surface area contributed by atoms with E-state index in [1.165, 1.54) is 0 Å². The quantitative estimate of drug-likeness (QED) is 0.554. The topological polar surface area (TPSA) is 71.3 Å². The molecule has 0 saturated heterocycles. The maximum atomic E-state index is 13.5. The van der Waals surface area contributed by atoms with Crippen LogP contribution in [0, 0.1) is 17.2 Å². The minimum Gasteiger partial charge on any atom is -0.493 e. The van der Waals surface area contributed by atoms with Gasteiger partial charge in [-0.05, 0) is 47.7 Å². The SMILES string of the molecule is C=C1NC2=C(C(=O)CC(c3ccc(Cl)cc3)C2)C(c2cc(OC)c(OC)cc2Br)C1C#N. The van der Waals surface area contributed by atoms with Crippen molar-refractivity contribution in [2.75, 3.05) is 14.2 Å². The number of hydrogen-bond donors (Lipinski definition) is 1. The fraction of sp³-hybridized carbons (Fsp3) is 0.280. The van der Waals surface area contributed by atoms with Crippen molar-refractivity contribution in [2.45, 2.75) is 24.7 Å². The maximum Gasteiger partial charge on any atom is 0.161 e. The number of hydrogen-bond acceptors (Lipinski definition) is 5. The van der Waals surface area contributed by atoms with Gasteiger partial charge < -0.3 is 14.8 Å². The van der Waals surface area contributed by atoms with Crippen LogP contribution < -0.4 is 14.8 Å². The zero-order chi connectivity index (χ0) is 23.0. The molecular weight excluding hydrogens is 492 g/mol. The summed E-state index contributed by atoms with van der Waals surface area (Å²) in [5, 5.41) is 13.9. The molecule has 0 spiro atoms. The van der Waals surface area contributed by atoms with Crippen molar-refractivity contribution < 1.29 is 14.3 Å². The van der Waals surface area contributed by atoms with E-state index in [2.05, 4.69) is 33.9 Å². The summed E-state index contributed by atoms with van der Waals surface area (Å²) in [6.45, 7) is 4.11. The Labute approximate surface area is 200 Å². The lowest BCUT2D eigenvalue weighted by Gasteiger charge is -2.39. The van der Waals surface area contributed by atoms with Crippen molar-refractivity contribution in [3.05, 3.63) is 80.6 Å². The molecule has 0 saturated carbocycles. The van der Waals surface area contributed by atoms with Crippen LogP contribution in [0.5, 0.6) is 11.5 Å². The highest BCUT2D eigenvalue weighted by Gasteiger charge is 2.43. The van der Waals surface area contributed by atoms with Gasteiger partial charge in [0.2, 0.25) is 0 Å². The monoisotopic (exact) mass is 512 g/mol. The number of nitriles is 1. The van der Waals surface area contributed by atoms with Crippen LogP contribution in [0.25, 0.3) is 0 Å². The third kappa shape index (κ3) is 3.92. The first-order chi connectivity index (χ1) is 15.4. The number of ether oxygens (including phenoxy) is 2. The minimum atomic E-state index is -0.598. The van der Waals surface area contributed by atoms with Gasteiger partial charge in [0.15, 0.2) is 17.3 Å². The van der Waals surface area contributed by atoms with E-state index in [1.54, 1.807) is 20.3 Å². The van der Waals surface area contributed by atoms with Crippen molar-refractivity contribution in [1.82, 2.24) is 5.32 Å². The summed E-state index contributed by atoms with van der Waals surface area (Å²) in [6, 6.07) is 13.6. The lowest BCUT2D eigenvalue weighted by Crippen LogP contribution is -2.38. The lowest BCUT2D eigenvalue weighted by molar-refractivity contribution is -0.116. The Balaban J connectivity index is 1.83. The van der Waals surface area contributed by atoms with E-state index in [4.69, 9.17) is 21.1 Å². The van der Waals surface area contributed by atoms with Gasteiger partial charge in [0.05, 0.1) is 26.2 Å². The van der Waals surface area contributed by atoms with Crippen LogP contribution in [-0.2, 0) is 4.79 Å². The van der Waals surface area contributed by atoms with Gasteiger partial charge in [-0.3, -0.25) is 4.79 Å². The van der Waals surface area contributed by atoms with Gasteiger partial charge in [-0.15, -0.1) is 0 Å². The van der Waals surface area contributed by atoms with Crippen molar-refractivity contribution >= 4 is 33.3 Å². The van der Waals surface area contributed by atoms with E-state index in [0.717, 1.165) is 21.3 Å². The molecule has 7 heteroatoms. The molecule has 0 radical (unpaired) electrons. The van der Waals surface area contributed by atoms with Crippen LogP contribution in [0.4, 0.5) is 0 Å². The summed E-state index contributed by atoms with van der Waals surface area (Å²) in [4.78, 5) is 13.5. The van der Waals surface area contributed by atoms with Gasteiger partial charge in [-0.1, -0.05) is 46.2 Å². The molecule has 4 rings (SSSR count). The molecule has 3 atom stereocenters. The van der Waals surface area contributed by atoms with Gasteiger partial charge in [-0.2, -0.15) is 5.26 Å². The molecule has 164 valence electrons. The fourth-order valence-corrected chi connectivity index (χ4v) is 5.31. The number of carbonyl (C=O) groups is 1. The minimum absolute atomic E-state index is 0.0261. The Bertz CT molecular complexity index is 1170. The molecule has 0 bridgehead atoms. The molecule has 0 fully saturated rings. The number of allylic oxidation sites excluding steroid dienone is 3. The number of carbonyl (C=O) groups excluding carboxylic acids is 1. The molecule has 1 aliphatic heterocycles. The van der Waals surface area contributed by atoms with Gasteiger partial charge >= 0.3 is 0 Å². The zero-order valence-corrected chi connectivity index (χ0v) is 20.1. The molecule has 3 unspecified atom stereocenters. The number of benzene rings is 2. The van der Waals surface area contributed by atoms with Crippen LogP contribution in [0.15, 0.2) is 64.4 Å². The molecule has 1 heterocycles. The highest BCUT2D eigenvalue weighted by Crippen LogP contribution is 2.49. The van der Waals surface area contributed by atoms with Crippen molar-refractivity contribution in [3.63, 3.8) is 0 Å². The number of halogens is 2. The molecule has 5 nitrogen and oxygen atoms in total. The first kappa shape index (κ1) is 22.4. The van der Waals surface area contributed by atoms with Gasteiger partial charge in [0.1, 0.15) is 0 Å². The molecule has 1 aliphatic carbocycles. The Morgan fingerprint density at radius 3 is 2.44 bits per heavy atom. The van der Waals surface area contributed by atoms with Crippen LogP contribution >= 0.6 is 27.5 Å². The second-order valence-electron chi connectivity index (χ2n) is 7.94. The van der Waals surface area contributed by atoms with E-state index < -0.39 is 11.8 Å². The maximum absolute atomic E-state index is 13.5. The standard InChI is InChI=1S/C25H22BrClN2O3/c1-13-18(12-28)24(17-10-22(31-2)23(32-3)11-19(17)26)25-20(29-13)8-15(9-21(25)30)14-4-6-16(27)7-5-14/h4-7,10-11,15,18,24,29H,1,8-9H2,2-3H3. The Hall–Kier alpha value is -2.75. The van der Waals surface area contributed by atoms with Gasteiger partial charge in [0.25, 0.3) is 0 Å². The summed E-state index contributed by atoms with van der Waals surface area (Å²) < 4.78 is 11.6. The highest BCUT2D eigenvalue weighted by atomic mass is 79.9. The lowest BCUT2D eigenvalue weighted by atomic mass is 9.69. The number of nitrogens with one attached hydrogen (secondary N) is 1. The number of nitrogens with zero attached hydrogens (tertiary/aromatic N) is 1. The van der Waals surface area contributed by atoms with Crippen molar-refractivity contribution in [2.24, 2.45) is 5.92 Å². The van der Waals surface area contributed by atoms with E-state index >= 15 is 0 Å². The summed E-state index contributed by atoms with van der Waals surface area (Å²) in [5.41, 5.74) is 3.91. The predicted molar refractivity (Wildman–Crippen MR) is 127 cm³/mol. The van der Waals surface area contributed by atoms with E-state index in [0.29, 0.717) is 40.6 Å². The average molecular weight is 514 g/mol. The first-order valence-corrected chi connectivity index (χ1v) is 11.3. The number of methoxy groups -OCH3 is 2. The van der Waals surface area contributed by atoms with E-state index in [-0.39, 0.29) is 11.7 Å². The highest BCUT2D eigenvalue weighted by molar-refractivity contribution is 9.10. The van der Waals surface area contributed by atoms with Gasteiger partial charge in [-0.25, -0.2) is 0 Å². The van der Waals surface area contributed by atoms with Gasteiger partial charge in [0, 0.05) is 38.8 Å². The van der Waals surface area contributed by atoms with E-state index in [9.17, 15) is 10.1 Å². The third-order valence-corrected chi connectivity index (χ3v) is 7.10. The van der Waals surface area contributed by atoms with Crippen LogP contribution in [-0.4, -0.2) is 20.0 Å². The summed E-state index contributed by atoms with van der Waals surface area (Å²) >= 11 is 9.65. The smallest absolute Gasteiger partial charge is 0.161 e. The fourth-order valence-electron chi connectivity index (χ4n) is 4.62. The molecule has 2 aromatic rings. The third-order valence-electron chi connectivity index (χ3n) is 6.16. The Morgan fingerprint density at radius 1 is 1.16 bits per heavy atom. The molecule has 2 aromatic carbocycles. The molecule has 0 amide bonds. The zero-order valence-electron chi connectivity index (χ0n) is 17.7. The normalized spacial score (nSPS) is 22.7. The predicted octanol–water partition coefficient (Wildman–Crippen LogP) is 5.86. The number of ketones is 1. The second-order valence-corrected chi connectivity index (χ2v) is 9.23. The summed E-state index contributed by atoms with van der Waals surface area (Å²) in [7, 11) is 3.13. The van der Waals surface area contributed by atoms with Crippen LogP contribution in [0.2, 0.25) is 5.02 Å². The molecule has 32 heavy (non-hydrogen) atoms. The largest absolute Gasteiger partial charge is 0.493 e. The van der Waals surface area contributed by atoms with Crippen molar-refractivity contribution in [1.29, 1.82) is 5.26 Å². The average Bonchev–Trinajstić information content (AvgIpc) is 2.78. The number of Topliss-reactive ketones (excluding diaryl/α,β-unsaturated/α-hetero) is 1. The first-order valence-electron chi connectivity index (χ1n) is 10.2. The summed E-state index contributed by atoms with van der Waals surface area (Å²) in [5.74, 6) is 0.105. The van der Waals surface area contributed by atoms with E-state index in [1.807, 2.05) is 30.3 Å². The molecule has 1 N–H and O–H groups in total. The molecule has 0 aromatic heterocycles. The molecule has 2 aliphatic rings. The Kier molecular flexibility index (Phi) is 6.32. The summed E-state index contributed by atoms with van der Waals surface area (Å²) in [6.07, 6.45) is 1.02. The molecular formula is C25H22BrClN2O3. The number of rotatable bonds is 4. The Morgan fingerprint density at radius 2 is 1.81 bits per heavy atom. The second kappa shape index (κ2) is 9.01.